The maximum Gasteiger partial charge on any atom is 0.408 e. The number of anilines is 1. The van der Waals surface area contributed by atoms with Gasteiger partial charge in [-0.1, -0.05) is 39.8 Å². The van der Waals surface area contributed by atoms with E-state index in [0.29, 0.717) is 31.5 Å². The summed E-state index contributed by atoms with van der Waals surface area (Å²) in [5.41, 5.74) is 5.99. The molecule has 1 aromatic carbocycles. The summed E-state index contributed by atoms with van der Waals surface area (Å²) in [6, 6.07) is 4.19. The first-order valence-corrected chi connectivity index (χ1v) is 15.4. The van der Waals surface area contributed by atoms with Crippen molar-refractivity contribution in [3.8, 4) is 0 Å². The maximum atomic E-state index is 13.7. The van der Waals surface area contributed by atoms with E-state index in [9.17, 15) is 29.1 Å². The van der Waals surface area contributed by atoms with Gasteiger partial charge in [0.15, 0.2) is 0 Å². The number of nitrogens with zero attached hydrogens (tertiary/aromatic N) is 2. The molecule has 0 bridgehead atoms. The molecule has 0 fully saturated rings. The van der Waals surface area contributed by atoms with Gasteiger partial charge in [0.1, 0.15) is 23.7 Å². The first kappa shape index (κ1) is 39.2. The number of primary amides is 1. The van der Waals surface area contributed by atoms with Crippen LogP contribution in [0, 0.1) is 11.8 Å². The van der Waals surface area contributed by atoms with Gasteiger partial charge in [0.2, 0.25) is 11.8 Å². The predicted molar refractivity (Wildman–Crippen MR) is 174 cm³/mol. The molecule has 0 radical (unpaired) electrons. The fraction of sp³-hybridized carbons (Fsp3) is 0.656. The van der Waals surface area contributed by atoms with Crippen molar-refractivity contribution < 1.29 is 33.8 Å². The zero-order valence-electron chi connectivity index (χ0n) is 28.3. The van der Waals surface area contributed by atoms with Crippen molar-refractivity contribution in [2.75, 3.05) is 32.1 Å². The van der Waals surface area contributed by atoms with E-state index in [2.05, 4.69) is 16.0 Å². The van der Waals surface area contributed by atoms with E-state index in [4.69, 9.17) is 10.5 Å². The minimum atomic E-state index is -0.954. The number of benzene rings is 1. The molecule has 1 aromatic rings. The smallest absolute Gasteiger partial charge is 0.408 e. The number of nitrogens with one attached hydrogen (secondary N) is 3. The number of aliphatic carboxylic acids is 1. The highest BCUT2D eigenvalue weighted by atomic mass is 16.6. The molecule has 254 valence electrons. The third kappa shape index (κ3) is 14.6. The van der Waals surface area contributed by atoms with Crippen LogP contribution in [0.5, 0.6) is 0 Å². The maximum absolute atomic E-state index is 13.7. The summed E-state index contributed by atoms with van der Waals surface area (Å²) >= 11 is 0. The Morgan fingerprint density at radius 2 is 1.56 bits per heavy atom. The second-order valence-electron chi connectivity index (χ2n) is 13.1. The summed E-state index contributed by atoms with van der Waals surface area (Å²) in [4.78, 5) is 65.6. The largest absolute Gasteiger partial charge is 0.480 e. The molecule has 0 saturated heterocycles. The standard InChI is InChI=1S/C32H54N6O7/c1-20(2)19-25(36-31(44)45-32(5,6)7)27(39)35-24(11-10-17-34-30(33)43)28(40)38(9)23-14-12-22(13-15-23)16-18-37(8)26(21(3)4)29(41)42/h12-15,20-21,24-26H,10-11,16-19H2,1-9H3,(H,35,39)(H,36,44)(H,41,42)(H3,33,34,43). The van der Waals surface area contributed by atoms with Crippen LogP contribution in [0.25, 0.3) is 0 Å². The van der Waals surface area contributed by atoms with Gasteiger partial charge in [0.05, 0.1) is 0 Å². The fourth-order valence-electron chi connectivity index (χ4n) is 4.87. The van der Waals surface area contributed by atoms with Gasteiger partial charge in [-0.3, -0.25) is 19.3 Å². The van der Waals surface area contributed by atoms with Crippen LogP contribution in [0.3, 0.4) is 0 Å². The molecule has 1 rings (SSSR count). The molecule has 0 spiro atoms. The SMILES string of the molecule is CC(C)CC(NC(=O)OC(C)(C)C)C(=O)NC(CCCNC(N)=O)C(=O)N(C)c1ccc(CCN(C)C(C(=O)O)C(C)C)cc1. The number of nitrogens with two attached hydrogens (primary N) is 1. The van der Waals surface area contributed by atoms with Crippen LogP contribution in [-0.4, -0.2) is 90.8 Å². The quantitative estimate of drug-likeness (QED) is 0.162. The second kappa shape index (κ2) is 18.2. The van der Waals surface area contributed by atoms with Crippen LogP contribution in [0.2, 0.25) is 0 Å². The third-order valence-corrected chi connectivity index (χ3v) is 7.06. The zero-order chi connectivity index (χ0) is 34.5. The lowest BCUT2D eigenvalue weighted by Crippen LogP contribution is -2.55. The highest BCUT2D eigenvalue weighted by molar-refractivity contribution is 5.99. The molecule has 3 unspecified atom stereocenters. The first-order valence-electron chi connectivity index (χ1n) is 15.4. The Morgan fingerprint density at radius 1 is 0.956 bits per heavy atom. The number of carboxylic acids is 1. The molecule has 6 N–H and O–H groups in total. The van der Waals surface area contributed by atoms with Crippen molar-refractivity contribution in [1.29, 1.82) is 0 Å². The lowest BCUT2D eigenvalue weighted by Gasteiger charge is -2.28. The Labute approximate surface area is 267 Å². The van der Waals surface area contributed by atoms with Crippen LogP contribution < -0.4 is 26.6 Å². The summed E-state index contributed by atoms with van der Waals surface area (Å²) in [5.74, 6) is -1.73. The number of amides is 5. The molecule has 0 saturated carbocycles. The van der Waals surface area contributed by atoms with Gasteiger partial charge in [-0.25, -0.2) is 9.59 Å². The monoisotopic (exact) mass is 634 g/mol. The van der Waals surface area contributed by atoms with E-state index in [1.807, 2.05) is 44.7 Å². The molecular weight excluding hydrogens is 580 g/mol. The van der Waals surface area contributed by atoms with Crippen molar-refractivity contribution in [3.63, 3.8) is 0 Å². The van der Waals surface area contributed by atoms with Gasteiger partial charge in [-0.05, 0) is 83.0 Å². The van der Waals surface area contributed by atoms with Crippen molar-refractivity contribution in [2.24, 2.45) is 17.6 Å². The molecule has 0 aliphatic heterocycles. The lowest BCUT2D eigenvalue weighted by atomic mass is 10.0. The highest BCUT2D eigenvalue weighted by Crippen LogP contribution is 2.18. The number of hydrogen-bond acceptors (Lipinski definition) is 7. The molecule has 0 aliphatic rings. The second-order valence-corrected chi connectivity index (χ2v) is 13.1. The molecule has 0 heterocycles. The normalized spacial score (nSPS) is 13.6. The highest BCUT2D eigenvalue weighted by Gasteiger charge is 2.31. The number of rotatable bonds is 17. The van der Waals surface area contributed by atoms with Crippen molar-refractivity contribution in [1.82, 2.24) is 20.9 Å². The Kier molecular flexibility index (Phi) is 15.8. The Morgan fingerprint density at radius 3 is 2.04 bits per heavy atom. The van der Waals surface area contributed by atoms with E-state index < -0.39 is 47.7 Å². The van der Waals surface area contributed by atoms with Gasteiger partial charge >= 0.3 is 18.1 Å². The third-order valence-electron chi connectivity index (χ3n) is 7.06. The van der Waals surface area contributed by atoms with E-state index in [0.717, 1.165) is 5.56 Å². The van der Waals surface area contributed by atoms with E-state index in [-0.39, 0.29) is 30.7 Å². The number of urea groups is 1. The summed E-state index contributed by atoms with van der Waals surface area (Å²) in [6.45, 7) is 13.5. The number of ether oxygens (including phenoxy) is 1. The van der Waals surface area contributed by atoms with E-state index in [1.54, 1.807) is 47.0 Å². The average molecular weight is 635 g/mol. The van der Waals surface area contributed by atoms with Gasteiger partial charge in [-0.15, -0.1) is 0 Å². The van der Waals surface area contributed by atoms with Crippen molar-refractivity contribution in [2.45, 2.75) is 97.9 Å². The molecule has 3 atom stereocenters. The first-order chi connectivity index (χ1) is 20.8. The van der Waals surface area contributed by atoms with Gasteiger partial charge in [0.25, 0.3) is 0 Å². The van der Waals surface area contributed by atoms with E-state index >= 15 is 0 Å². The van der Waals surface area contributed by atoms with Crippen LogP contribution in [0.4, 0.5) is 15.3 Å². The fourth-order valence-corrected chi connectivity index (χ4v) is 4.87. The molecule has 0 aromatic heterocycles. The number of alkyl carbamates (subject to hydrolysis) is 1. The number of hydrogen-bond donors (Lipinski definition) is 5. The molecule has 45 heavy (non-hydrogen) atoms. The van der Waals surface area contributed by atoms with Gasteiger partial charge in [-0.2, -0.15) is 0 Å². The minimum Gasteiger partial charge on any atom is -0.480 e. The van der Waals surface area contributed by atoms with Crippen LogP contribution in [0.15, 0.2) is 24.3 Å². The van der Waals surface area contributed by atoms with Crippen molar-refractivity contribution in [3.05, 3.63) is 29.8 Å². The number of carbonyl (C=O) groups is 5. The van der Waals surface area contributed by atoms with Gasteiger partial charge in [0, 0.05) is 25.8 Å². The van der Waals surface area contributed by atoms with Crippen LogP contribution in [-0.2, 0) is 25.5 Å². The zero-order valence-corrected chi connectivity index (χ0v) is 28.3. The Balaban J connectivity index is 3.07. The Hall–Kier alpha value is -3.87. The van der Waals surface area contributed by atoms with Crippen molar-refractivity contribution >= 4 is 35.6 Å². The topological polar surface area (TPSA) is 183 Å². The molecule has 13 heteroatoms. The summed E-state index contributed by atoms with van der Waals surface area (Å²) in [7, 11) is 3.40. The van der Waals surface area contributed by atoms with Crippen LogP contribution >= 0.6 is 0 Å². The average Bonchev–Trinajstić information content (AvgIpc) is 2.90. The lowest BCUT2D eigenvalue weighted by molar-refractivity contribution is -0.144. The molecule has 0 aliphatic carbocycles. The minimum absolute atomic E-state index is 0.0386. The number of carbonyl (C=O) groups excluding carboxylic acids is 4. The molecule has 5 amide bonds. The molecule has 13 nitrogen and oxygen atoms in total. The number of carboxylic acid groups (broad SMARTS) is 1. The van der Waals surface area contributed by atoms with Gasteiger partial charge < -0.3 is 36.4 Å². The van der Waals surface area contributed by atoms with E-state index in [1.165, 1.54) is 4.90 Å². The summed E-state index contributed by atoms with van der Waals surface area (Å²) in [5, 5.41) is 17.5. The molecular formula is C32H54N6O7. The van der Waals surface area contributed by atoms with Crippen LogP contribution in [0.1, 0.15) is 73.3 Å². The Bertz CT molecular complexity index is 1130. The summed E-state index contributed by atoms with van der Waals surface area (Å²) < 4.78 is 5.34. The predicted octanol–water partition coefficient (Wildman–Crippen LogP) is 3.11. The summed E-state index contributed by atoms with van der Waals surface area (Å²) in [6.07, 6.45) is 0.788. The number of likely N-dealkylation sites (N-methyl/N-ethyl adjacent to an activating group) is 2.